The number of hydrogen-bond acceptors (Lipinski definition) is 2. The molecule has 0 aromatic heterocycles. The Hall–Kier alpha value is -0.570. The zero-order chi connectivity index (χ0) is 8.55. The highest BCUT2D eigenvalue weighted by Crippen LogP contribution is 2.29. The van der Waals surface area contributed by atoms with Gasteiger partial charge < -0.3 is 10.0 Å². The summed E-state index contributed by atoms with van der Waals surface area (Å²) in [6.45, 7) is 0. The number of likely N-dealkylation sites (tertiary alicyclic amines) is 1. The molecule has 1 aliphatic heterocycles. The summed E-state index contributed by atoms with van der Waals surface area (Å²) in [5.74, 6) is 0.148. The third-order valence-electron chi connectivity index (χ3n) is 2.94. The van der Waals surface area contributed by atoms with E-state index in [1.165, 1.54) is 12.8 Å². The summed E-state index contributed by atoms with van der Waals surface area (Å²) in [7, 11) is 0. The molecule has 0 radical (unpaired) electrons. The lowest BCUT2D eigenvalue weighted by Crippen LogP contribution is -2.40. The Morgan fingerprint density at radius 3 is 2.42 bits per heavy atom. The molecule has 68 valence electrons. The Kier molecular flexibility index (Phi) is 2.05. The molecule has 12 heavy (non-hydrogen) atoms. The lowest BCUT2D eigenvalue weighted by atomic mass is 10.2. The van der Waals surface area contributed by atoms with Gasteiger partial charge in [-0.3, -0.25) is 4.79 Å². The van der Waals surface area contributed by atoms with Crippen LogP contribution in [0.15, 0.2) is 0 Å². The summed E-state index contributed by atoms with van der Waals surface area (Å²) < 4.78 is 0. The van der Waals surface area contributed by atoms with Crippen molar-refractivity contribution in [1.82, 2.24) is 4.90 Å². The van der Waals surface area contributed by atoms with Gasteiger partial charge in [0.2, 0.25) is 5.91 Å². The maximum Gasteiger partial charge on any atom is 0.225 e. The lowest BCUT2D eigenvalue weighted by molar-refractivity contribution is -0.136. The number of nitrogens with zero attached hydrogens (tertiary/aromatic N) is 1. The minimum Gasteiger partial charge on any atom is -0.374 e. The predicted molar refractivity (Wildman–Crippen MR) is 44.3 cm³/mol. The SMILES string of the molecule is O=C1CCC(O)N1C1CCCC1. The highest BCUT2D eigenvalue weighted by molar-refractivity contribution is 5.78. The fraction of sp³-hybridized carbons (Fsp3) is 0.889. The van der Waals surface area contributed by atoms with Crippen molar-refractivity contribution in [2.45, 2.75) is 50.8 Å². The van der Waals surface area contributed by atoms with Crippen LogP contribution < -0.4 is 0 Å². The highest BCUT2D eigenvalue weighted by atomic mass is 16.3. The van der Waals surface area contributed by atoms with Crippen molar-refractivity contribution >= 4 is 5.91 Å². The van der Waals surface area contributed by atoms with Gasteiger partial charge in [-0.05, 0) is 12.8 Å². The first kappa shape index (κ1) is 8.05. The highest BCUT2D eigenvalue weighted by Gasteiger charge is 2.35. The third kappa shape index (κ3) is 1.22. The Labute approximate surface area is 72.4 Å². The van der Waals surface area contributed by atoms with Gasteiger partial charge in [-0.1, -0.05) is 12.8 Å². The van der Waals surface area contributed by atoms with E-state index in [9.17, 15) is 9.90 Å². The average Bonchev–Trinajstić information content (AvgIpc) is 2.61. The van der Waals surface area contributed by atoms with E-state index in [0.717, 1.165) is 12.8 Å². The Balaban J connectivity index is 2.04. The first-order valence-electron chi connectivity index (χ1n) is 4.78. The molecular formula is C9H15NO2. The Morgan fingerprint density at radius 2 is 1.92 bits per heavy atom. The Morgan fingerprint density at radius 1 is 1.25 bits per heavy atom. The second-order valence-corrected chi connectivity index (χ2v) is 3.76. The van der Waals surface area contributed by atoms with Crippen LogP contribution >= 0.6 is 0 Å². The Bertz CT molecular complexity index is 187. The predicted octanol–water partition coefficient (Wildman–Crippen LogP) is 0.870. The van der Waals surface area contributed by atoms with E-state index in [-0.39, 0.29) is 5.91 Å². The molecule has 0 aromatic rings. The molecule has 0 bridgehead atoms. The van der Waals surface area contributed by atoms with Gasteiger partial charge in [-0.25, -0.2) is 0 Å². The van der Waals surface area contributed by atoms with Crippen LogP contribution in [0.1, 0.15) is 38.5 Å². The van der Waals surface area contributed by atoms with Gasteiger partial charge in [0, 0.05) is 18.9 Å². The van der Waals surface area contributed by atoms with Crippen molar-refractivity contribution in [2.24, 2.45) is 0 Å². The summed E-state index contributed by atoms with van der Waals surface area (Å²) >= 11 is 0. The van der Waals surface area contributed by atoms with Crippen LogP contribution in [-0.2, 0) is 4.79 Å². The molecule has 1 heterocycles. The molecule has 1 aliphatic carbocycles. The summed E-state index contributed by atoms with van der Waals surface area (Å²) in [6.07, 6.45) is 5.28. The van der Waals surface area contributed by atoms with E-state index in [1.807, 2.05) is 0 Å². The van der Waals surface area contributed by atoms with Crippen LogP contribution in [0.3, 0.4) is 0 Å². The first-order valence-corrected chi connectivity index (χ1v) is 4.78. The zero-order valence-corrected chi connectivity index (χ0v) is 7.20. The van der Waals surface area contributed by atoms with Crippen molar-refractivity contribution < 1.29 is 9.90 Å². The molecule has 2 rings (SSSR count). The van der Waals surface area contributed by atoms with Crippen molar-refractivity contribution in [3.8, 4) is 0 Å². The minimum absolute atomic E-state index is 0.148. The lowest BCUT2D eigenvalue weighted by Gasteiger charge is -2.27. The maximum absolute atomic E-state index is 11.3. The van der Waals surface area contributed by atoms with Crippen molar-refractivity contribution in [3.63, 3.8) is 0 Å². The molecule has 0 aromatic carbocycles. The second-order valence-electron chi connectivity index (χ2n) is 3.76. The normalized spacial score (nSPS) is 31.9. The number of carbonyl (C=O) groups excluding carboxylic acids is 1. The van der Waals surface area contributed by atoms with Gasteiger partial charge in [-0.2, -0.15) is 0 Å². The molecule has 2 aliphatic rings. The molecule has 0 spiro atoms. The largest absolute Gasteiger partial charge is 0.374 e. The standard InChI is InChI=1S/C9H15NO2/c11-8-5-6-9(12)10(8)7-3-1-2-4-7/h7-8,11H,1-6H2. The third-order valence-corrected chi connectivity index (χ3v) is 2.94. The number of amides is 1. The first-order chi connectivity index (χ1) is 5.79. The molecule has 1 N–H and O–H groups in total. The van der Waals surface area contributed by atoms with E-state index in [0.29, 0.717) is 18.9 Å². The molecule has 2 fully saturated rings. The monoisotopic (exact) mass is 169 g/mol. The van der Waals surface area contributed by atoms with E-state index in [2.05, 4.69) is 0 Å². The quantitative estimate of drug-likeness (QED) is 0.632. The van der Waals surface area contributed by atoms with Gasteiger partial charge in [-0.15, -0.1) is 0 Å². The van der Waals surface area contributed by atoms with Crippen LogP contribution in [0, 0.1) is 0 Å². The molecule has 1 saturated heterocycles. The molecule has 1 unspecified atom stereocenters. The fourth-order valence-electron chi connectivity index (χ4n) is 2.32. The fourth-order valence-corrected chi connectivity index (χ4v) is 2.32. The summed E-state index contributed by atoms with van der Waals surface area (Å²) in [5.41, 5.74) is 0. The zero-order valence-electron chi connectivity index (χ0n) is 7.20. The average molecular weight is 169 g/mol. The van der Waals surface area contributed by atoms with Gasteiger partial charge in [0.25, 0.3) is 0 Å². The van der Waals surface area contributed by atoms with Crippen LogP contribution in [0.4, 0.5) is 0 Å². The van der Waals surface area contributed by atoms with Crippen LogP contribution in [-0.4, -0.2) is 28.2 Å². The second kappa shape index (κ2) is 3.05. The molecule has 1 atom stereocenters. The summed E-state index contributed by atoms with van der Waals surface area (Å²) in [6, 6.07) is 0.343. The van der Waals surface area contributed by atoms with Gasteiger partial charge in [0.15, 0.2) is 0 Å². The summed E-state index contributed by atoms with van der Waals surface area (Å²) in [4.78, 5) is 13.0. The molecule has 3 nitrogen and oxygen atoms in total. The van der Waals surface area contributed by atoms with Crippen molar-refractivity contribution in [2.75, 3.05) is 0 Å². The van der Waals surface area contributed by atoms with Crippen LogP contribution in [0.2, 0.25) is 0 Å². The molecular weight excluding hydrogens is 154 g/mol. The van der Waals surface area contributed by atoms with E-state index in [1.54, 1.807) is 4.90 Å². The molecule has 1 saturated carbocycles. The van der Waals surface area contributed by atoms with E-state index in [4.69, 9.17) is 0 Å². The smallest absolute Gasteiger partial charge is 0.225 e. The number of carbonyl (C=O) groups is 1. The molecule has 3 heteroatoms. The van der Waals surface area contributed by atoms with Gasteiger partial charge >= 0.3 is 0 Å². The van der Waals surface area contributed by atoms with Crippen LogP contribution in [0.25, 0.3) is 0 Å². The van der Waals surface area contributed by atoms with Crippen molar-refractivity contribution in [1.29, 1.82) is 0 Å². The number of hydrogen-bond donors (Lipinski definition) is 1. The van der Waals surface area contributed by atoms with E-state index < -0.39 is 6.23 Å². The summed E-state index contributed by atoms with van der Waals surface area (Å²) in [5, 5.41) is 9.52. The van der Waals surface area contributed by atoms with Crippen molar-refractivity contribution in [3.05, 3.63) is 0 Å². The topological polar surface area (TPSA) is 40.5 Å². The molecule has 1 amide bonds. The van der Waals surface area contributed by atoms with Gasteiger partial charge in [0.05, 0.1) is 0 Å². The van der Waals surface area contributed by atoms with Gasteiger partial charge in [0.1, 0.15) is 6.23 Å². The van der Waals surface area contributed by atoms with E-state index >= 15 is 0 Å². The number of aliphatic hydroxyl groups excluding tert-OH is 1. The number of rotatable bonds is 1. The maximum atomic E-state index is 11.3. The minimum atomic E-state index is -0.486. The number of aliphatic hydroxyl groups is 1. The van der Waals surface area contributed by atoms with Crippen LogP contribution in [0.5, 0.6) is 0 Å².